The number of fused-ring (bicyclic) bond motifs is 1. The summed E-state index contributed by atoms with van der Waals surface area (Å²) in [5.74, 6) is 0. The third-order valence-corrected chi connectivity index (χ3v) is 2.16. The van der Waals surface area contributed by atoms with Gasteiger partial charge in [0.2, 0.25) is 0 Å². The molecule has 0 fully saturated rings. The molecular formula is C7H8BrClN4. The maximum atomic E-state index is 5.45. The Morgan fingerprint density at radius 3 is 2.92 bits per heavy atom. The zero-order chi connectivity index (χ0) is 8.55. The first kappa shape index (κ1) is 10.4. The molecule has 4 nitrogen and oxygen atoms in total. The second-order valence-corrected chi connectivity index (χ2v) is 3.28. The van der Waals surface area contributed by atoms with E-state index in [1.54, 1.807) is 16.9 Å². The van der Waals surface area contributed by atoms with Gasteiger partial charge in [0, 0.05) is 24.5 Å². The number of halogens is 2. The molecule has 0 aromatic carbocycles. The molecule has 70 valence electrons. The molecule has 2 rings (SSSR count). The number of hydrogen-bond acceptors (Lipinski definition) is 3. The molecule has 0 atom stereocenters. The highest BCUT2D eigenvalue weighted by molar-refractivity contribution is 9.10. The lowest BCUT2D eigenvalue weighted by atomic mass is 10.3. The summed E-state index contributed by atoms with van der Waals surface area (Å²) in [4.78, 5) is 4.19. The van der Waals surface area contributed by atoms with Crippen LogP contribution in [0.2, 0.25) is 0 Å². The molecular weight excluding hydrogens is 255 g/mol. The van der Waals surface area contributed by atoms with Crippen LogP contribution in [-0.2, 0) is 6.54 Å². The monoisotopic (exact) mass is 262 g/mol. The third kappa shape index (κ3) is 1.82. The van der Waals surface area contributed by atoms with E-state index in [9.17, 15) is 0 Å². The third-order valence-electron chi connectivity index (χ3n) is 1.60. The molecule has 0 aliphatic heterocycles. The Labute approximate surface area is 89.7 Å². The summed E-state index contributed by atoms with van der Waals surface area (Å²) in [6, 6.07) is 0. The number of hydrogen-bond donors (Lipinski definition) is 1. The van der Waals surface area contributed by atoms with E-state index in [1.165, 1.54) is 0 Å². The van der Waals surface area contributed by atoms with Gasteiger partial charge in [-0.05, 0) is 15.9 Å². The number of rotatable bonds is 1. The lowest BCUT2D eigenvalue weighted by Gasteiger charge is -1.96. The van der Waals surface area contributed by atoms with Crippen LogP contribution in [0.15, 0.2) is 23.1 Å². The van der Waals surface area contributed by atoms with Gasteiger partial charge in [-0.1, -0.05) is 0 Å². The van der Waals surface area contributed by atoms with Gasteiger partial charge in [-0.15, -0.1) is 12.4 Å². The van der Waals surface area contributed by atoms with E-state index in [4.69, 9.17) is 5.73 Å². The lowest BCUT2D eigenvalue weighted by Crippen LogP contribution is -2.00. The number of nitrogens with zero attached hydrogens (tertiary/aromatic N) is 3. The predicted molar refractivity (Wildman–Crippen MR) is 55.8 cm³/mol. The van der Waals surface area contributed by atoms with Crippen molar-refractivity contribution in [3.63, 3.8) is 0 Å². The minimum absolute atomic E-state index is 0. The van der Waals surface area contributed by atoms with E-state index >= 15 is 0 Å². The average molecular weight is 264 g/mol. The van der Waals surface area contributed by atoms with Crippen LogP contribution in [0, 0.1) is 0 Å². The molecule has 2 aromatic rings. The minimum Gasteiger partial charge on any atom is -0.326 e. The van der Waals surface area contributed by atoms with Crippen molar-refractivity contribution in [2.24, 2.45) is 5.73 Å². The molecule has 0 aliphatic rings. The summed E-state index contributed by atoms with van der Waals surface area (Å²) in [7, 11) is 0. The lowest BCUT2D eigenvalue weighted by molar-refractivity contribution is 0.902. The molecule has 0 amide bonds. The fraction of sp³-hybridized carbons (Fsp3) is 0.143. The minimum atomic E-state index is 0. The highest BCUT2D eigenvalue weighted by Crippen LogP contribution is 2.14. The average Bonchev–Trinajstić information content (AvgIpc) is 2.47. The molecule has 0 aliphatic carbocycles. The topological polar surface area (TPSA) is 56.2 Å². The second-order valence-electron chi connectivity index (χ2n) is 2.43. The second kappa shape index (κ2) is 4.04. The van der Waals surface area contributed by atoms with Crippen LogP contribution in [0.5, 0.6) is 0 Å². The van der Waals surface area contributed by atoms with Crippen LogP contribution in [-0.4, -0.2) is 14.6 Å². The largest absolute Gasteiger partial charge is 0.326 e. The Hall–Kier alpha value is -0.650. The van der Waals surface area contributed by atoms with Crippen molar-refractivity contribution in [3.05, 3.63) is 28.6 Å². The van der Waals surface area contributed by atoms with E-state index in [1.807, 2.05) is 6.20 Å². The van der Waals surface area contributed by atoms with E-state index in [0.29, 0.717) is 6.54 Å². The molecule has 2 heterocycles. The maximum Gasteiger partial charge on any atom is 0.169 e. The quantitative estimate of drug-likeness (QED) is 0.845. The van der Waals surface area contributed by atoms with Gasteiger partial charge in [-0.2, -0.15) is 5.10 Å². The standard InChI is InChI=1S/C7H7BrN4.ClH/c8-6-3-11-12-4-5(1-9)2-10-7(6)12;/h2-4H,1,9H2;1H. The SMILES string of the molecule is Cl.NCc1cnc2c(Br)cnn2c1. The summed E-state index contributed by atoms with van der Waals surface area (Å²) in [6.07, 6.45) is 5.33. The van der Waals surface area contributed by atoms with Gasteiger partial charge in [-0.3, -0.25) is 0 Å². The summed E-state index contributed by atoms with van der Waals surface area (Å²) < 4.78 is 2.60. The normalized spacial score (nSPS) is 10.0. The summed E-state index contributed by atoms with van der Waals surface area (Å²) >= 11 is 3.34. The van der Waals surface area contributed by atoms with Crippen LogP contribution in [0.4, 0.5) is 0 Å². The fourth-order valence-corrected chi connectivity index (χ4v) is 1.37. The first-order valence-corrected chi connectivity index (χ1v) is 4.28. The molecule has 0 saturated carbocycles. The molecule has 0 unspecified atom stereocenters. The number of nitrogens with two attached hydrogens (primary N) is 1. The molecule has 0 spiro atoms. The van der Waals surface area contributed by atoms with Crippen LogP contribution < -0.4 is 5.73 Å². The van der Waals surface area contributed by atoms with Crippen molar-refractivity contribution in [1.82, 2.24) is 14.6 Å². The molecule has 13 heavy (non-hydrogen) atoms. The van der Waals surface area contributed by atoms with Crippen LogP contribution in [0.3, 0.4) is 0 Å². The Balaban J connectivity index is 0.000000845. The van der Waals surface area contributed by atoms with Crippen molar-refractivity contribution in [1.29, 1.82) is 0 Å². The van der Waals surface area contributed by atoms with Crippen molar-refractivity contribution in [3.8, 4) is 0 Å². The zero-order valence-corrected chi connectivity index (χ0v) is 9.05. The molecule has 0 saturated heterocycles. The molecule has 0 radical (unpaired) electrons. The van der Waals surface area contributed by atoms with Crippen LogP contribution >= 0.6 is 28.3 Å². The predicted octanol–water partition coefficient (Wildman–Crippen LogP) is 1.37. The first-order chi connectivity index (χ1) is 5.81. The Morgan fingerprint density at radius 2 is 2.23 bits per heavy atom. The van der Waals surface area contributed by atoms with Gasteiger partial charge in [0.15, 0.2) is 5.65 Å². The van der Waals surface area contributed by atoms with E-state index < -0.39 is 0 Å². The van der Waals surface area contributed by atoms with Crippen molar-refractivity contribution >= 4 is 34.0 Å². The summed E-state index contributed by atoms with van der Waals surface area (Å²) in [6.45, 7) is 0.487. The molecule has 0 bridgehead atoms. The first-order valence-electron chi connectivity index (χ1n) is 3.49. The van der Waals surface area contributed by atoms with Crippen LogP contribution in [0.1, 0.15) is 5.56 Å². The maximum absolute atomic E-state index is 5.45. The smallest absolute Gasteiger partial charge is 0.169 e. The highest BCUT2D eigenvalue weighted by Gasteiger charge is 2.01. The number of aromatic nitrogens is 3. The van der Waals surface area contributed by atoms with Crippen LogP contribution in [0.25, 0.3) is 5.65 Å². The van der Waals surface area contributed by atoms with E-state index in [0.717, 1.165) is 15.7 Å². The van der Waals surface area contributed by atoms with E-state index in [-0.39, 0.29) is 12.4 Å². The Kier molecular flexibility index (Phi) is 3.24. The Bertz CT molecular complexity index is 414. The summed E-state index contributed by atoms with van der Waals surface area (Å²) in [5, 5.41) is 4.08. The van der Waals surface area contributed by atoms with Gasteiger partial charge in [0.25, 0.3) is 0 Å². The Morgan fingerprint density at radius 1 is 1.46 bits per heavy atom. The van der Waals surface area contributed by atoms with E-state index in [2.05, 4.69) is 26.0 Å². The van der Waals surface area contributed by atoms with Gasteiger partial charge >= 0.3 is 0 Å². The highest BCUT2D eigenvalue weighted by atomic mass is 79.9. The van der Waals surface area contributed by atoms with Crippen molar-refractivity contribution < 1.29 is 0 Å². The van der Waals surface area contributed by atoms with Crippen molar-refractivity contribution in [2.45, 2.75) is 6.54 Å². The molecule has 6 heteroatoms. The summed E-state index contributed by atoms with van der Waals surface area (Å²) in [5.41, 5.74) is 7.24. The van der Waals surface area contributed by atoms with Gasteiger partial charge < -0.3 is 5.73 Å². The molecule has 2 N–H and O–H groups in total. The zero-order valence-electron chi connectivity index (χ0n) is 6.64. The molecule has 2 aromatic heterocycles. The van der Waals surface area contributed by atoms with Gasteiger partial charge in [-0.25, -0.2) is 9.50 Å². The van der Waals surface area contributed by atoms with Gasteiger partial charge in [0.05, 0.1) is 10.7 Å². The fourth-order valence-electron chi connectivity index (χ4n) is 0.990. The van der Waals surface area contributed by atoms with Gasteiger partial charge in [0.1, 0.15) is 0 Å². The van der Waals surface area contributed by atoms with Crippen molar-refractivity contribution in [2.75, 3.05) is 0 Å².